The van der Waals surface area contributed by atoms with E-state index in [1.165, 1.54) is 7.11 Å². The molecule has 1 aromatic carbocycles. The molecule has 0 aliphatic carbocycles. The maximum Gasteiger partial charge on any atom is 0.337 e. The van der Waals surface area contributed by atoms with Gasteiger partial charge in [0.05, 0.1) is 12.7 Å². The maximum absolute atomic E-state index is 11.8. The molecule has 17 heavy (non-hydrogen) atoms. The average molecular weight is 320 g/mol. The third-order valence-corrected chi connectivity index (χ3v) is 3.09. The minimum Gasteiger partial charge on any atom is -0.465 e. The molecule has 0 fully saturated rings. The molecule has 5 heteroatoms. The minimum absolute atomic E-state index is 0.0693. The average Bonchev–Trinajstić information content (AvgIpc) is 2.37. The molecular formula is C12H12BrClO3. The molecule has 0 heterocycles. The first-order valence-corrected chi connectivity index (χ1v) is 6.66. The van der Waals surface area contributed by atoms with E-state index in [-0.39, 0.29) is 18.1 Å². The number of ketones is 1. The highest BCUT2D eigenvalue weighted by Crippen LogP contribution is 2.18. The van der Waals surface area contributed by atoms with Crippen molar-refractivity contribution in [1.82, 2.24) is 0 Å². The van der Waals surface area contributed by atoms with Gasteiger partial charge in [0.25, 0.3) is 0 Å². The van der Waals surface area contributed by atoms with Crippen LogP contribution in [0.2, 0.25) is 0 Å². The van der Waals surface area contributed by atoms with Gasteiger partial charge in [-0.2, -0.15) is 0 Å². The van der Waals surface area contributed by atoms with E-state index in [4.69, 9.17) is 11.6 Å². The Morgan fingerprint density at radius 1 is 1.41 bits per heavy atom. The molecule has 0 saturated carbocycles. The van der Waals surface area contributed by atoms with Crippen molar-refractivity contribution in [2.45, 2.75) is 11.8 Å². The van der Waals surface area contributed by atoms with Crippen molar-refractivity contribution in [2.24, 2.45) is 0 Å². The molecule has 1 aromatic rings. The highest BCUT2D eigenvalue weighted by atomic mass is 79.9. The number of ether oxygens (including phenoxy) is 1. The number of hydrogen-bond donors (Lipinski definition) is 0. The highest BCUT2D eigenvalue weighted by molar-refractivity contribution is 9.08. The molecule has 0 aliphatic heterocycles. The normalized spacial score (nSPS) is 10.1. The van der Waals surface area contributed by atoms with Crippen LogP contribution in [0.4, 0.5) is 0 Å². The van der Waals surface area contributed by atoms with Crippen LogP contribution in [-0.4, -0.2) is 24.7 Å². The van der Waals surface area contributed by atoms with Crippen molar-refractivity contribution < 1.29 is 14.3 Å². The van der Waals surface area contributed by atoms with Gasteiger partial charge in [0.1, 0.15) is 0 Å². The van der Waals surface area contributed by atoms with Gasteiger partial charge in [0.15, 0.2) is 5.78 Å². The lowest BCUT2D eigenvalue weighted by Crippen LogP contribution is -2.08. The van der Waals surface area contributed by atoms with Crippen LogP contribution in [0, 0.1) is 0 Å². The molecule has 0 radical (unpaired) electrons. The Bertz CT molecular complexity index is 432. The van der Waals surface area contributed by atoms with Crippen molar-refractivity contribution in [2.75, 3.05) is 13.0 Å². The zero-order chi connectivity index (χ0) is 12.8. The summed E-state index contributed by atoms with van der Waals surface area (Å²) in [5.41, 5.74) is 1.73. The first-order valence-electron chi connectivity index (χ1n) is 5.00. The number of rotatable bonds is 5. The van der Waals surface area contributed by atoms with Crippen LogP contribution in [0.5, 0.6) is 0 Å². The lowest BCUT2D eigenvalue weighted by atomic mass is 10.00. The van der Waals surface area contributed by atoms with Crippen LogP contribution >= 0.6 is 27.5 Å². The fraction of sp³-hybridized carbons (Fsp3) is 0.333. The van der Waals surface area contributed by atoms with Gasteiger partial charge in [-0.1, -0.05) is 22.0 Å². The van der Waals surface area contributed by atoms with Gasteiger partial charge in [-0.05, 0) is 17.7 Å². The van der Waals surface area contributed by atoms with E-state index in [2.05, 4.69) is 20.7 Å². The molecule has 92 valence electrons. The van der Waals surface area contributed by atoms with E-state index < -0.39 is 5.97 Å². The molecule has 0 saturated heterocycles. The lowest BCUT2D eigenvalue weighted by molar-refractivity contribution is 0.0600. The second-order valence-corrected chi connectivity index (χ2v) is 4.30. The Balaban J connectivity index is 3.15. The quantitative estimate of drug-likeness (QED) is 0.475. The van der Waals surface area contributed by atoms with Crippen LogP contribution in [-0.2, 0) is 10.1 Å². The van der Waals surface area contributed by atoms with Crippen LogP contribution in [0.3, 0.4) is 0 Å². The number of carbonyl (C=O) groups is 2. The van der Waals surface area contributed by atoms with E-state index in [0.717, 1.165) is 5.56 Å². The molecule has 3 nitrogen and oxygen atoms in total. The Morgan fingerprint density at radius 2 is 2.12 bits per heavy atom. The number of Topliss-reactive ketones (excluding diaryl/α,β-unsaturated/α-hetero) is 1. The van der Waals surface area contributed by atoms with Gasteiger partial charge in [0.2, 0.25) is 0 Å². The molecule has 0 amide bonds. The van der Waals surface area contributed by atoms with Crippen molar-refractivity contribution >= 4 is 39.3 Å². The summed E-state index contributed by atoms with van der Waals surface area (Å²) in [7, 11) is 1.31. The summed E-state index contributed by atoms with van der Waals surface area (Å²) in [6, 6.07) is 4.93. The molecule has 0 spiro atoms. The predicted octanol–water partition coefficient (Wildman–Crippen LogP) is 3.18. The number of halogens is 2. The molecule has 0 N–H and O–H groups in total. The summed E-state index contributed by atoms with van der Waals surface area (Å²) in [5.74, 6) is -0.255. The van der Waals surface area contributed by atoms with Crippen LogP contribution < -0.4 is 0 Å². The fourth-order valence-electron chi connectivity index (χ4n) is 1.42. The highest BCUT2D eigenvalue weighted by Gasteiger charge is 2.14. The van der Waals surface area contributed by atoms with E-state index in [9.17, 15) is 9.59 Å². The van der Waals surface area contributed by atoms with Crippen molar-refractivity contribution in [3.63, 3.8) is 0 Å². The zero-order valence-corrected chi connectivity index (χ0v) is 11.7. The first kappa shape index (κ1) is 14.2. The first-order chi connectivity index (χ1) is 8.13. The predicted molar refractivity (Wildman–Crippen MR) is 70.1 cm³/mol. The van der Waals surface area contributed by atoms with Crippen LogP contribution in [0.1, 0.15) is 32.7 Å². The standard InChI is InChI=1S/C12H12BrClO3/c1-17-12(16)8-2-3-9(7-13)10(6-8)11(15)4-5-14/h2-3,6H,4-5,7H2,1H3. The number of alkyl halides is 2. The molecule has 0 unspecified atom stereocenters. The third kappa shape index (κ3) is 3.54. The van der Waals surface area contributed by atoms with Gasteiger partial charge in [-0.25, -0.2) is 4.79 Å². The van der Waals surface area contributed by atoms with E-state index in [1.807, 2.05) is 0 Å². The molecule has 1 rings (SSSR count). The van der Waals surface area contributed by atoms with Crippen molar-refractivity contribution in [3.8, 4) is 0 Å². The monoisotopic (exact) mass is 318 g/mol. The van der Waals surface area contributed by atoms with Crippen molar-refractivity contribution in [3.05, 3.63) is 34.9 Å². The Kier molecular flexibility index (Phi) is 5.65. The van der Waals surface area contributed by atoms with E-state index in [0.29, 0.717) is 16.5 Å². The summed E-state index contributed by atoms with van der Waals surface area (Å²) in [4.78, 5) is 23.2. The number of hydrogen-bond acceptors (Lipinski definition) is 3. The molecule has 0 atom stereocenters. The second-order valence-electron chi connectivity index (χ2n) is 3.36. The molecular weight excluding hydrogens is 307 g/mol. The molecule has 0 aliphatic rings. The number of benzene rings is 1. The summed E-state index contributed by atoms with van der Waals surface area (Å²) in [6.45, 7) is 0. The van der Waals surface area contributed by atoms with E-state index >= 15 is 0 Å². The lowest BCUT2D eigenvalue weighted by Gasteiger charge is -2.07. The smallest absolute Gasteiger partial charge is 0.337 e. The second kappa shape index (κ2) is 6.77. The summed E-state index contributed by atoms with van der Waals surface area (Å²) in [5, 5.41) is 0.553. The molecule has 0 bridgehead atoms. The summed E-state index contributed by atoms with van der Waals surface area (Å²) >= 11 is 8.85. The topological polar surface area (TPSA) is 43.4 Å². The van der Waals surface area contributed by atoms with Crippen LogP contribution in [0.15, 0.2) is 18.2 Å². The van der Waals surface area contributed by atoms with Gasteiger partial charge < -0.3 is 4.74 Å². The zero-order valence-electron chi connectivity index (χ0n) is 9.33. The maximum atomic E-state index is 11.8. The van der Waals surface area contributed by atoms with Gasteiger partial charge in [-0.15, -0.1) is 11.6 Å². The Hall–Kier alpha value is -0.870. The number of esters is 1. The van der Waals surface area contributed by atoms with E-state index in [1.54, 1.807) is 18.2 Å². The number of methoxy groups -OCH3 is 1. The van der Waals surface area contributed by atoms with Gasteiger partial charge in [-0.3, -0.25) is 4.79 Å². The van der Waals surface area contributed by atoms with Crippen LogP contribution in [0.25, 0.3) is 0 Å². The SMILES string of the molecule is COC(=O)c1ccc(CBr)c(C(=O)CCCl)c1. The largest absolute Gasteiger partial charge is 0.465 e. The third-order valence-electron chi connectivity index (χ3n) is 2.30. The van der Waals surface area contributed by atoms with Crippen molar-refractivity contribution in [1.29, 1.82) is 0 Å². The summed E-state index contributed by atoms with van der Waals surface area (Å²) in [6.07, 6.45) is 0.256. The molecule has 0 aromatic heterocycles. The van der Waals surface area contributed by atoms with Gasteiger partial charge in [0, 0.05) is 23.2 Å². The summed E-state index contributed by atoms with van der Waals surface area (Å²) < 4.78 is 4.62. The minimum atomic E-state index is -0.453. The Morgan fingerprint density at radius 3 is 2.65 bits per heavy atom. The number of carbonyl (C=O) groups excluding carboxylic acids is 2. The Labute approximate surface area is 113 Å². The fourth-order valence-corrected chi connectivity index (χ4v) is 2.08. The van der Waals surface area contributed by atoms with Gasteiger partial charge >= 0.3 is 5.97 Å².